The van der Waals surface area contributed by atoms with Gasteiger partial charge in [0.2, 0.25) is 0 Å². The molecule has 4 heteroatoms. The molecule has 0 aromatic heterocycles. The molecule has 1 aliphatic rings. The van der Waals surface area contributed by atoms with Crippen molar-refractivity contribution in [3.63, 3.8) is 0 Å². The Balaban J connectivity index is 2.00. The lowest BCUT2D eigenvalue weighted by atomic mass is 9.71. The van der Waals surface area contributed by atoms with Gasteiger partial charge in [0, 0.05) is 18.3 Å². The first kappa shape index (κ1) is 19.2. The molecule has 0 saturated carbocycles. The van der Waals surface area contributed by atoms with Crippen molar-refractivity contribution in [1.29, 1.82) is 0 Å². The number of ether oxygens (including phenoxy) is 2. The number of carbonyl (C=O) groups excluding carboxylic acids is 2. The summed E-state index contributed by atoms with van der Waals surface area (Å²) in [5.74, 6) is -0.398. The summed E-state index contributed by atoms with van der Waals surface area (Å²) in [4.78, 5) is 24.2. The van der Waals surface area contributed by atoms with Gasteiger partial charge in [0.25, 0.3) is 0 Å². The standard InChI is InChI=1S/C23H26O4/c1-3-26-21(24)13-15-23(16-14-22(25)27-4-2)19-11-7-5-9-17(19)18-10-6-8-12-20(18)23/h5-12H,3-4,13-16H2,1-2H3. The van der Waals surface area contributed by atoms with Crippen LogP contribution in [0.3, 0.4) is 0 Å². The van der Waals surface area contributed by atoms with Crippen LogP contribution in [0.1, 0.15) is 50.7 Å². The van der Waals surface area contributed by atoms with Crippen LogP contribution >= 0.6 is 0 Å². The lowest BCUT2D eigenvalue weighted by Gasteiger charge is -2.32. The van der Waals surface area contributed by atoms with E-state index in [9.17, 15) is 9.59 Å². The predicted octanol–water partition coefficient (Wildman–Crippen LogP) is 4.64. The van der Waals surface area contributed by atoms with Crippen LogP contribution in [0.25, 0.3) is 11.1 Å². The fourth-order valence-corrected chi connectivity index (χ4v) is 4.18. The summed E-state index contributed by atoms with van der Waals surface area (Å²) in [6.07, 6.45) is 1.86. The van der Waals surface area contributed by atoms with Gasteiger partial charge in [-0.1, -0.05) is 48.5 Å². The summed E-state index contributed by atoms with van der Waals surface area (Å²) in [5.41, 5.74) is 4.34. The first-order chi connectivity index (χ1) is 13.1. The molecule has 2 aromatic rings. The van der Waals surface area contributed by atoms with Crippen molar-refractivity contribution in [2.45, 2.75) is 44.9 Å². The second-order valence-corrected chi connectivity index (χ2v) is 6.78. The lowest BCUT2D eigenvalue weighted by molar-refractivity contribution is -0.143. The minimum Gasteiger partial charge on any atom is -0.466 e. The van der Waals surface area contributed by atoms with E-state index in [0.29, 0.717) is 38.9 Å². The van der Waals surface area contributed by atoms with Crippen LogP contribution in [0.5, 0.6) is 0 Å². The molecule has 0 radical (unpaired) electrons. The summed E-state index contributed by atoms with van der Waals surface area (Å²) < 4.78 is 10.3. The maximum atomic E-state index is 12.1. The molecule has 0 bridgehead atoms. The Bertz CT molecular complexity index is 755. The molecule has 0 atom stereocenters. The molecule has 4 nitrogen and oxygen atoms in total. The van der Waals surface area contributed by atoms with E-state index in [4.69, 9.17) is 9.47 Å². The van der Waals surface area contributed by atoms with E-state index in [1.807, 2.05) is 38.1 Å². The van der Waals surface area contributed by atoms with Gasteiger partial charge in [0.15, 0.2) is 0 Å². The van der Waals surface area contributed by atoms with Gasteiger partial charge in [-0.3, -0.25) is 9.59 Å². The number of carbonyl (C=O) groups is 2. The summed E-state index contributed by atoms with van der Waals surface area (Å²) in [6.45, 7) is 4.38. The fourth-order valence-electron chi connectivity index (χ4n) is 4.18. The number of benzene rings is 2. The van der Waals surface area contributed by atoms with Gasteiger partial charge in [-0.2, -0.15) is 0 Å². The number of fused-ring (bicyclic) bond motifs is 3. The maximum Gasteiger partial charge on any atom is 0.305 e. The van der Waals surface area contributed by atoms with Gasteiger partial charge in [-0.25, -0.2) is 0 Å². The van der Waals surface area contributed by atoms with Crippen LogP contribution in [-0.4, -0.2) is 25.2 Å². The Labute approximate surface area is 160 Å². The van der Waals surface area contributed by atoms with Gasteiger partial charge < -0.3 is 9.47 Å². The number of hydrogen-bond donors (Lipinski definition) is 0. The summed E-state index contributed by atoms with van der Waals surface area (Å²) in [6, 6.07) is 16.6. The largest absolute Gasteiger partial charge is 0.466 e. The molecule has 0 N–H and O–H groups in total. The smallest absolute Gasteiger partial charge is 0.305 e. The third-order valence-corrected chi connectivity index (χ3v) is 5.30. The molecule has 27 heavy (non-hydrogen) atoms. The monoisotopic (exact) mass is 366 g/mol. The molecule has 142 valence electrons. The van der Waals surface area contributed by atoms with Crippen molar-refractivity contribution in [2.75, 3.05) is 13.2 Å². The molecule has 3 rings (SSSR count). The zero-order valence-corrected chi connectivity index (χ0v) is 16.0. The van der Waals surface area contributed by atoms with Crippen molar-refractivity contribution < 1.29 is 19.1 Å². The Kier molecular flexibility index (Phi) is 5.94. The van der Waals surface area contributed by atoms with E-state index in [2.05, 4.69) is 24.3 Å². The Morgan fingerprint density at radius 1 is 0.741 bits per heavy atom. The van der Waals surface area contributed by atoms with Gasteiger partial charge in [0.05, 0.1) is 13.2 Å². The molecule has 0 amide bonds. The van der Waals surface area contributed by atoms with Crippen LogP contribution < -0.4 is 0 Å². The summed E-state index contributed by atoms with van der Waals surface area (Å²) in [7, 11) is 0. The zero-order valence-electron chi connectivity index (χ0n) is 16.0. The van der Waals surface area contributed by atoms with Crippen LogP contribution in [0.2, 0.25) is 0 Å². The number of esters is 2. The fraction of sp³-hybridized carbons (Fsp3) is 0.391. The van der Waals surface area contributed by atoms with Crippen molar-refractivity contribution in [1.82, 2.24) is 0 Å². The van der Waals surface area contributed by atoms with Crippen LogP contribution in [0.15, 0.2) is 48.5 Å². The van der Waals surface area contributed by atoms with E-state index < -0.39 is 0 Å². The molecule has 1 aliphatic carbocycles. The van der Waals surface area contributed by atoms with E-state index in [0.717, 1.165) is 0 Å². The third-order valence-electron chi connectivity index (χ3n) is 5.30. The maximum absolute atomic E-state index is 12.1. The van der Waals surface area contributed by atoms with Gasteiger partial charge in [-0.15, -0.1) is 0 Å². The van der Waals surface area contributed by atoms with E-state index >= 15 is 0 Å². The van der Waals surface area contributed by atoms with Crippen LogP contribution in [0, 0.1) is 0 Å². The van der Waals surface area contributed by atoms with Crippen molar-refractivity contribution in [3.05, 3.63) is 59.7 Å². The van der Waals surface area contributed by atoms with Crippen LogP contribution in [-0.2, 0) is 24.5 Å². The lowest BCUT2D eigenvalue weighted by Crippen LogP contribution is -2.28. The highest BCUT2D eigenvalue weighted by Crippen LogP contribution is 2.53. The van der Waals surface area contributed by atoms with E-state index in [-0.39, 0.29) is 17.4 Å². The topological polar surface area (TPSA) is 52.6 Å². The minimum absolute atomic E-state index is 0.199. The highest BCUT2D eigenvalue weighted by atomic mass is 16.5. The molecule has 0 fully saturated rings. The van der Waals surface area contributed by atoms with Gasteiger partial charge in [0.1, 0.15) is 0 Å². The van der Waals surface area contributed by atoms with Crippen LogP contribution in [0.4, 0.5) is 0 Å². The van der Waals surface area contributed by atoms with Crippen molar-refractivity contribution in [2.24, 2.45) is 0 Å². The van der Waals surface area contributed by atoms with E-state index in [1.165, 1.54) is 22.3 Å². The number of rotatable bonds is 8. The highest BCUT2D eigenvalue weighted by Gasteiger charge is 2.43. The summed E-state index contributed by atoms with van der Waals surface area (Å²) in [5, 5.41) is 0. The Hall–Kier alpha value is -2.62. The average Bonchev–Trinajstić information content (AvgIpc) is 2.96. The van der Waals surface area contributed by atoms with Crippen molar-refractivity contribution >= 4 is 11.9 Å². The zero-order chi connectivity index (χ0) is 19.3. The Morgan fingerprint density at radius 3 is 1.56 bits per heavy atom. The minimum atomic E-state index is -0.382. The molecule has 0 aliphatic heterocycles. The SMILES string of the molecule is CCOC(=O)CCC1(CCC(=O)OCC)c2ccccc2-c2ccccc21. The quantitative estimate of drug-likeness (QED) is 0.639. The van der Waals surface area contributed by atoms with Crippen molar-refractivity contribution in [3.8, 4) is 11.1 Å². The molecule has 2 aromatic carbocycles. The van der Waals surface area contributed by atoms with Gasteiger partial charge >= 0.3 is 11.9 Å². The summed E-state index contributed by atoms with van der Waals surface area (Å²) >= 11 is 0. The van der Waals surface area contributed by atoms with Gasteiger partial charge in [-0.05, 0) is 48.9 Å². The third kappa shape index (κ3) is 3.75. The Morgan fingerprint density at radius 2 is 1.15 bits per heavy atom. The molecule has 0 saturated heterocycles. The molecule has 0 spiro atoms. The first-order valence-electron chi connectivity index (χ1n) is 9.63. The molecule has 0 unspecified atom stereocenters. The normalized spacial score (nSPS) is 13.6. The first-order valence-corrected chi connectivity index (χ1v) is 9.63. The number of hydrogen-bond acceptors (Lipinski definition) is 4. The molecular formula is C23H26O4. The average molecular weight is 366 g/mol. The van der Waals surface area contributed by atoms with E-state index in [1.54, 1.807) is 0 Å². The second kappa shape index (κ2) is 8.38. The second-order valence-electron chi connectivity index (χ2n) is 6.78. The highest BCUT2D eigenvalue weighted by molar-refractivity contribution is 5.82. The molecule has 0 heterocycles. The molecular weight excluding hydrogens is 340 g/mol. The predicted molar refractivity (Wildman–Crippen MR) is 104 cm³/mol.